The van der Waals surface area contributed by atoms with Gasteiger partial charge in [0.25, 0.3) is 0 Å². The Kier molecular flexibility index (Phi) is 3.00. The maximum absolute atomic E-state index is 11.3. The number of nitrogens with two attached hydrogens (primary N) is 1. The lowest BCUT2D eigenvalue weighted by atomic mass is 10.2. The highest BCUT2D eigenvalue weighted by Gasteiger charge is 2.07. The number of aromatic nitrogens is 1. The van der Waals surface area contributed by atoms with Gasteiger partial charge in [-0.3, -0.25) is 9.59 Å². The second-order valence-corrected chi connectivity index (χ2v) is 3.58. The summed E-state index contributed by atoms with van der Waals surface area (Å²) in [7, 11) is 0. The van der Waals surface area contributed by atoms with Gasteiger partial charge in [-0.15, -0.1) is 0 Å². The van der Waals surface area contributed by atoms with Crippen molar-refractivity contribution in [2.24, 2.45) is 5.73 Å². The van der Waals surface area contributed by atoms with Crippen molar-refractivity contribution in [1.29, 1.82) is 0 Å². The summed E-state index contributed by atoms with van der Waals surface area (Å²) in [4.78, 5) is 26.1. The van der Waals surface area contributed by atoms with E-state index in [1.807, 2.05) is 30.3 Å². The van der Waals surface area contributed by atoms with Crippen LogP contribution in [0, 0.1) is 0 Å². The number of carbonyl (C=O) groups is 2. The Bertz CT molecular complexity index is 581. The number of rotatable bonds is 3. The smallest absolute Gasteiger partial charge is 0.234 e. The van der Waals surface area contributed by atoms with Crippen molar-refractivity contribution in [1.82, 2.24) is 4.98 Å². The van der Waals surface area contributed by atoms with E-state index in [0.717, 1.165) is 10.9 Å². The number of nitrogens with one attached hydrogen (secondary N) is 1. The van der Waals surface area contributed by atoms with E-state index in [1.54, 1.807) is 6.07 Å². The average molecular weight is 229 g/mol. The number of primary amides is 1. The number of para-hydroxylation sites is 1. The Hall–Kier alpha value is -2.43. The van der Waals surface area contributed by atoms with Crippen molar-refractivity contribution in [3.05, 3.63) is 36.4 Å². The van der Waals surface area contributed by atoms with Crippen LogP contribution in [0.25, 0.3) is 10.9 Å². The van der Waals surface area contributed by atoms with Gasteiger partial charge in [-0.2, -0.15) is 0 Å². The minimum atomic E-state index is -0.664. The molecule has 0 radical (unpaired) electrons. The highest BCUT2D eigenvalue weighted by molar-refractivity contribution is 6.03. The first-order chi connectivity index (χ1) is 8.15. The summed E-state index contributed by atoms with van der Waals surface area (Å²) >= 11 is 0. The number of amides is 2. The summed E-state index contributed by atoms with van der Waals surface area (Å²) in [5.74, 6) is -0.710. The lowest BCUT2D eigenvalue weighted by Gasteiger charge is -2.04. The summed E-state index contributed by atoms with van der Waals surface area (Å²) in [5.41, 5.74) is 5.70. The monoisotopic (exact) mass is 229 g/mol. The van der Waals surface area contributed by atoms with Crippen molar-refractivity contribution in [2.75, 3.05) is 5.32 Å². The number of pyridine rings is 1. The average Bonchev–Trinajstić information content (AvgIpc) is 2.27. The van der Waals surface area contributed by atoms with Crippen LogP contribution in [-0.2, 0) is 9.59 Å². The molecule has 5 heteroatoms. The number of fused-ring (bicyclic) bond motifs is 1. The van der Waals surface area contributed by atoms with Crippen LogP contribution in [0.4, 0.5) is 5.82 Å². The Morgan fingerprint density at radius 2 is 1.94 bits per heavy atom. The van der Waals surface area contributed by atoms with E-state index in [1.165, 1.54) is 0 Å². The molecule has 1 heterocycles. The first-order valence-corrected chi connectivity index (χ1v) is 5.09. The van der Waals surface area contributed by atoms with Crippen LogP contribution in [0.1, 0.15) is 6.42 Å². The maximum atomic E-state index is 11.3. The predicted octanol–water partition coefficient (Wildman–Crippen LogP) is 1.05. The fourth-order valence-corrected chi connectivity index (χ4v) is 1.48. The van der Waals surface area contributed by atoms with E-state index in [0.29, 0.717) is 5.82 Å². The molecule has 0 bridgehead atoms. The number of benzene rings is 1. The largest absolute Gasteiger partial charge is 0.369 e. The fraction of sp³-hybridized carbons (Fsp3) is 0.0833. The zero-order chi connectivity index (χ0) is 12.3. The van der Waals surface area contributed by atoms with Crippen molar-refractivity contribution in [2.45, 2.75) is 6.42 Å². The third kappa shape index (κ3) is 2.78. The second kappa shape index (κ2) is 4.61. The summed E-state index contributed by atoms with van der Waals surface area (Å²) in [6.45, 7) is 0. The molecule has 2 aromatic rings. The van der Waals surface area contributed by atoms with Crippen LogP contribution in [0.15, 0.2) is 36.4 Å². The van der Waals surface area contributed by atoms with E-state index in [-0.39, 0.29) is 6.42 Å². The highest BCUT2D eigenvalue weighted by atomic mass is 16.2. The van der Waals surface area contributed by atoms with Gasteiger partial charge in [0.1, 0.15) is 12.2 Å². The first-order valence-electron chi connectivity index (χ1n) is 5.09. The van der Waals surface area contributed by atoms with Crippen LogP contribution in [0.3, 0.4) is 0 Å². The molecule has 1 aromatic carbocycles. The maximum Gasteiger partial charge on any atom is 0.234 e. The Balaban J connectivity index is 2.19. The van der Waals surface area contributed by atoms with Gasteiger partial charge in [-0.05, 0) is 18.2 Å². The van der Waals surface area contributed by atoms with Crippen LogP contribution < -0.4 is 11.1 Å². The van der Waals surface area contributed by atoms with Gasteiger partial charge in [0.05, 0.1) is 5.52 Å². The quantitative estimate of drug-likeness (QED) is 0.771. The molecule has 0 saturated heterocycles. The van der Waals surface area contributed by atoms with Gasteiger partial charge in [0, 0.05) is 5.39 Å². The van der Waals surface area contributed by atoms with E-state index in [9.17, 15) is 9.59 Å². The van der Waals surface area contributed by atoms with Crippen molar-refractivity contribution in [3.63, 3.8) is 0 Å². The minimum Gasteiger partial charge on any atom is -0.369 e. The van der Waals surface area contributed by atoms with Gasteiger partial charge in [0.2, 0.25) is 11.8 Å². The molecular weight excluding hydrogens is 218 g/mol. The molecule has 3 N–H and O–H groups in total. The molecule has 5 nitrogen and oxygen atoms in total. The summed E-state index contributed by atoms with van der Waals surface area (Å²) < 4.78 is 0. The molecule has 0 unspecified atom stereocenters. The minimum absolute atomic E-state index is 0.339. The van der Waals surface area contributed by atoms with Gasteiger partial charge in [-0.1, -0.05) is 18.2 Å². The standard InChI is InChI=1S/C12H11N3O2/c13-10(16)7-12(17)15-11-6-5-8-3-1-2-4-9(8)14-11/h1-6H,7H2,(H2,13,16)(H,14,15,17). The predicted molar refractivity (Wildman–Crippen MR) is 64.2 cm³/mol. The zero-order valence-electron chi connectivity index (χ0n) is 9.01. The lowest BCUT2D eigenvalue weighted by molar-refractivity contribution is -0.124. The first kappa shape index (κ1) is 11.1. The summed E-state index contributed by atoms with van der Waals surface area (Å²) in [5, 5.41) is 3.50. The molecule has 0 aliphatic heterocycles. The molecule has 1 aromatic heterocycles. The number of carbonyl (C=O) groups excluding carboxylic acids is 2. The summed E-state index contributed by atoms with van der Waals surface area (Å²) in [6.07, 6.45) is -0.339. The SMILES string of the molecule is NC(=O)CC(=O)Nc1ccc2ccccc2n1. The van der Waals surface area contributed by atoms with Gasteiger partial charge < -0.3 is 11.1 Å². The molecule has 2 amide bonds. The molecule has 0 aliphatic carbocycles. The Labute approximate surface area is 97.6 Å². The van der Waals surface area contributed by atoms with Crippen molar-refractivity contribution < 1.29 is 9.59 Å². The fourth-order valence-electron chi connectivity index (χ4n) is 1.48. The van der Waals surface area contributed by atoms with Crippen LogP contribution in [0.2, 0.25) is 0 Å². The van der Waals surface area contributed by atoms with E-state index < -0.39 is 11.8 Å². The molecule has 0 aliphatic rings. The number of nitrogens with zero attached hydrogens (tertiary/aromatic N) is 1. The topological polar surface area (TPSA) is 85.1 Å². The number of hydrogen-bond acceptors (Lipinski definition) is 3. The Morgan fingerprint density at radius 1 is 1.18 bits per heavy atom. The third-order valence-corrected chi connectivity index (χ3v) is 2.20. The van der Waals surface area contributed by atoms with Gasteiger partial charge in [0.15, 0.2) is 0 Å². The number of hydrogen-bond donors (Lipinski definition) is 2. The summed E-state index contributed by atoms with van der Waals surface area (Å²) in [6, 6.07) is 11.1. The van der Waals surface area contributed by atoms with Crippen LogP contribution in [-0.4, -0.2) is 16.8 Å². The second-order valence-electron chi connectivity index (χ2n) is 3.58. The molecule has 86 valence electrons. The molecule has 17 heavy (non-hydrogen) atoms. The van der Waals surface area contributed by atoms with E-state index in [2.05, 4.69) is 10.3 Å². The lowest BCUT2D eigenvalue weighted by Crippen LogP contribution is -2.21. The van der Waals surface area contributed by atoms with Gasteiger partial charge >= 0.3 is 0 Å². The molecule has 0 fully saturated rings. The molecule has 0 spiro atoms. The van der Waals surface area contributed by atoms with Crippen molar-refractivity contribution >= 4 is 28.5 Å². The van der Waals surface area contributed by atoms with E-state index in [4.69, 9.17) is 5.73 Å². The highest BCUT2D eigenvalue weighted by Crippen LogP contribution is 2.14. The normalized spacial score (nSPS) is 10.1. The van der Waals surface area contributed by atoms with E-state index >= 15 is 0 Å². The van der Waals surface area contributed by atoms with Crippen LogP contribution in [0.5, 0.6) is 0 Å². The molecular formula is C12H11N3O2. The number of anilines is 1. The molecule has 2 rings (SSSR count). The zero-order valence-corrected chi connectivity index (χ0v) is 9.01. The third-order valence-electron chi connectivity index (χ3n) is 2.20. The molecule has 0 atom stereocenters. The van der Waals surface area contributed by atoms with Crippen LogP contribution >= 0.6 is 0 Å². The van der Waals surface area contributed by atoms with Crippen molar-refractivity contribution in [3.8, 4) is 0 Å². The van der Waals surface area contributed by atoms with Gasteiger partial charge in [-0.25, -0.2) is 4.98 Å². The Morgan fingerprint density at radius 3 is 2.71 bits per heavy atom. The molecule has 0 saturated carbocycles.